The molecule has 0 aliphatic carbocycles. The van der Waals surface area contributed by atoms with Gasteiger partial charge in [-0.15, -0.1) is 12.4 Å². The molecule has 4 nitrogen and oxygen atoms in total. The van der Waals surface area contributed by atoms with E-state index in [0.717, 1.165) is 12.1 Å². The van der Waals surface area contributed by atoms with Crippen LogP contribution in [0.5, 0.6) is 0 Å². The second kappa shape index (κ2) is 9.66. The monoisotopic (exact) mass is 340 g/mol. The van der Waals surface area contributed by atoms with Crippen LogP contribution in [-0.4, -0.2) is 44.7 Å². The van der Waals surface area contributed by atoms with Crippen molar-refractivity contribution in [1.82, 2.24) is 10.2 Å². The van der Waals surface area contributed by atoms with Crippen molar-refractivity contribution in [1.29, 1.82) is 0 Å². The van der Waals surface area contributed by atoms with Gasteiger partial charge in [0.2, 0.25) is 5.91 Å². The maximum absolute atomic E-state index is 12.6. The quantitative estimate of drug-likeness (QED) is 0.775. The molecule has 126 valence electrons. The van der Waals surface area contributed by atoms with E-state index < -0.39 is 11.7 Å². The first kappa shape index (κ1) is 20.7. The van der Waals surface area contributed by atoms with Crippen molar-refractivity contribution in [2.45, 2.75) is 12.7 Å². The normalized spacial score (nSPS) is 11.0. The minimum Gasteiger partial charge on any atom is -0.383 e. The lowest BCUT2D eigenvalue weighted by atomic mass is 10.1. The molecule has 0 heterocycles. The van der Waals surface area contributed by atoms with Crippen LogP contribution in [0.25, 0.3) is 0 Å². The van der Waals surface area contributed by atoms with E-state index in [4.69, 9.17) is 4.74 Å². The van der Waals surface area contributed by atoms with Gasteiger partial charge in [-0.2, -0.15) is 13.2 Å². The zero-order chi connectivity index (χ0) is 15.9. The Morgan fingerprint density at radius 3 is 2.64 bits per heavy atom. The van der Waals surface area contributed by atoms with Crippen molar-refractivity contribution in [3.8, 4) is 0 Å². The standard InChI is InChI=1S/C14H19F3N2O2.ClH/c1-19(13(20)9-18-6-7-21-2)10-11-4-3-5-12(8-11)14(15,16)17;/h3-5,8,18H,6-7,9-10H2,1-2H3;1H. The number of ether oxygens (including phenoxy) is 1. The third-order valence-electron chi connectivity index (χ3n) is 2.86. The molecule has 8 heteroatoms. The van der Waals surface area contributed by atoms with E-state index in [2.05, 4.69) is 5.32 Å². The molecule has 0 aliphatic rings. The smallest absolute Gasteiger partial charge is 0.383 e. The summed E-state index contributed by atoms with van der Waals surface area (Å²) in [6.45, 7) is 1.29. The number of alkyl halides is 3. The van der Waals surface area contributed by atoms with Crippen LogP contribution in [0, 0.1) is 0 Å². The SMILES string of the molecule is COCCNCC(=O)N(C)Cc1cccc(C(F)(F)F)c1.Cl. The second-order valence-corrected chi connectivity index (χ2v) is 4.62. The minimum atomic E-state index is -4.37. The van der Waals surface area contributed by atoms with Crippen LogP contribution in [0.1, 0.15) is 11.1 Å². The molecule has 1 rings (SSSR count). The molecule has 0 radical (unpaired) electrons. The van der Waals surface area contributed by atoms with Gasteiger partial charge in [-0.25, -0.2) is 0 Å². The third-order valence-corrected chi connectivity index (χ3v) is 2.86. The summed E-state index contributed by atoms with van der Waals surface area (Å²) in [6.07, 6.45) is -4.37. The molecule has 0 saturated heterocycles. The van der Waals surface area contributed by atoms with Crippen molar-refractivity contribution < 1.29 is 22.7 Å². The van der Waals surface area contributed by atoms with Crippen LogP contribution < -0.4 is 5.32 Å². The Kier molecular flexibility index (Phi) is 9.08. The highest BCUT2D eigenvalue weighted by Gasteiger charge is 2.30. The number of nitrogens with one attached hydrogen (secondary N) is 1. The zero-order valence-corrected chi connectivity index (χ0v) is 13.3. The Hall–Kier alpha value is -1.31. The molecule has 0 atom stereocenters. The second-order valence-electron chi connectivity index (χ2n) is 4.62. The summed E-state index contributed by atoms with van der Waals surface area (Å²) < 4.78 is 42.6. The molecule has 0 fully saturated rings. The van der Waals surface area contributed by atoms with Crippen molar-refractivity contribution in [3.63, 3.8) is 0 Å². The van der Waals surface area contributed by atoms with Crippen molar-refractivity contribution in [2.75, 3.05) is 33.9 Å². The average molecular weight is 341 g/mol. The molecular weight excluding hydrogens is 321 g/mol. The number of carbonyl (C=O) groups is 1. The molecule has 0 unspecified atom stereocenters. The summed E-state index contributed by atoms with van der Waals surface area (Å²) in [4.78, 5) is 13.2. The van der Waals surface area contributed by atoms with Gasteiger partial charge in [0.25, 0.3) is 0 Å². The summed E-state index contributed by atoms with van der Waals surface area (Å²) in [6, 6.07) is 4.98. The summed E-state index contributed by atoms with van der Waals surface area (Å²) >= 11 is 0. The number of methoxy groups -OCH3 is 1. The summed E-state index contributed by atoms with van der Waals surface area (Å²) in [5.41, 5.74) is -0.267. The zero-order valence-electron chi connectivity index (χ0n) is 12.4. The lowest BCUT2D eigenvalue weighted by Crippen LogP contribution is -2.36. The van der Waals surface area contributed by atoms with Gasteiger partial charge in [0.15, 0.2) is 0 Å². The van der Waals surface area contributed by atoms with Gasteiger partial charge in [0.1, 0.15) is 0 Å². The number of amides is 1. The average Bonchev–Trinajstić information content (AvgIpc) is 2.42. The Morgan fingerprint density at radius 1 is 1.36 bits per heavy atom. The van der Waals surface area contributed by atoms with Crippen LogP contribution in [0.4, 0.5) is 13.2 Å². The maximum Gasteiger partial charge on any atom is 0.416 e. The van der Waals surface area contributed by atoms with Crippen LogP contribution in [-0.2, 0) is 22.3 Å². The van der Waals surface area contributed by atoms with Gasteiger partial charge in [-0.05, 0) is 17.7 Å². The molecule has 1 amide bonds. The number of rotatable bonds is 7. The highest BCUT2D eigenvalue weighted by Crippen LogP contribution is 2.29. The third kappa shape index (κ3) is 7.11. The number of benzene rings is 1. The Morgan fingerprint density at radius 2 is 2.05 bits per heavy atom. The van der Waals surface area contributed by atoms with Gasteiger partial charge >= 0.3 is 6.18 Å². The lowest BCUT2D eigenvalue weighted by Gasteiger charge is -2.18. The van der Waals surface area contributed by atoms with Crippen LogP contribution in [0.2, 0.25) is 0 Å². The number of hydrogen-bond acceptors (Lipinski definition) is 3. The topological polar surface area (TPSA) is 41.6 Å². The van der Waals surface area contributed by atoms with Crippen LogP contribution >= 0.6 is 12.4 Å². The fourth-order valence-corrected chi connectivity index (χ4v) is 1.71. The largest absolute Gasteiger partial charge is 0.416 e. The van der Waals surface area contributed by atoms with E-state index in [9.17, 15) is 18.0 Å². The summed E-state index contributed by atoms with van der Waals surface area (Å²) in [5, 5.41) is 2.89. The molecule has 0 saturated carbocycles. The van der Waals surface area contributed by atoms with E-state index in [1.54, 1.807) is 20.2 Å². The van der Waals surface area contributed by atoms with E-state index >= 15 is 0 Å². The predicted octanol–water partition coefficient (Wildman–Crippen LogP) is 2.32. The Balaban J connectivity index is 0.00000441. The fourth-order valence-electron chi connectivity index (χ4n) is 1.71. The number of likely N-dealkylation sites (N-methyl/N-ethyl adjacent to an activating group) is 1. The molecule has 1 aromatic carbocycles. The number of halogens is 4. The van der Waals surface area contributed by atoms with E-state index in [-0.39, 0.29) is 31.4 Å². The molecule has 0 bridgehead atoms. The molecule has 0 spiro atoms. The molecule has 1 N–H and O–H groups in total. The van der Waals surface area contributed by atoms with Gasteiger partial charge in [0.05, 0.1) is 18.7 Å². The first-order valence-corrected chi connectivity index (χ1v) is 6.44. The first-order chi connectivity index (χ1) is 9.84. The predicted molar refractivity (Wildman–Crippen MR) is 79.9 cm³/mol. The number of nitrogens with zero attached hydrogens (tertiary/aromatic N) is 1. The molecule has 0 aliphatic heterocycles. The van der Waals surface area contributed by atoms with Crippen molar-refractivity contribution in [3.05, 3.63) is 35.4 Å². The van der Waals surface area contributed by atoms with E-state index in [1.165, 1.54) is 11.0 Å². The van der Waals surface area contributed by atoms with Gasteiger partial charge < -0.3 is 15.0 Å². The van der Waals surface area contributed by atoms with E-state index in [1.807, 2.05) is 0 Å². The number of hydrogen-bond donors (Lipinski definition) is 1. The molecule has 0 aromatic heterocycles. The Labute approximate surface area is 134 Å². The Bertz CT molecular complexity index is 470. The van der Waals surface area contributed by atoms with Gasteiger partial charge in [-0.3, -0.25) is 4.79 Å². The maximum atomic E-state index is 12.6. The van der Waals surface area contributed by atoms with E-state index in [0.29, 0.717) is 18.7 Å². The molecule has 22 heavy (non-hydrogen) atoms. The number of carbonyl (C=O) groups excluding carboxylic acids is 1. The van der Waals surface area contributed by atoms with Crippen LogP contribution in [0.3, 0.4) is 0 Å². The van der Waals surface area contributed by atoms with Crippen molar-refractivity contribution >= 4 is 18.3 Å². The highest BCUT2D eigenvalue weighted by atomic mass is 35.5. The highest BCUT2D eigenvalue weighted by molar-refractivity contribution is 5.85. The van der Waals surface area contributed by atoms with Crippen molar-refractivity contribution in [2.24, 2.45) is 0 Å². The fraction of sp³-hybridized carbons (Fsp3) is 0.500. The molecular formula is C14H20ClF3N2O2. The summed E-state index contributed by atoms with van der Waals surface area (Å²) in [7, 11) is 3.11. The summed E-state index contributed by atoms with van der Waals surface area (Å²) in [5.74, 6) is -0.191. The van der Waals surface area contributed by atoms with Gasteiger partial charge in [-0.1, -0.05) is 12.1 Å². The lowest BCUT2D eigenvalue weighted by molar-refractivity contribution is -0.137. The van der Waals surface area contributed by atoms with Gasteiger partial charge in [0, 0.05) is 27.2 Å². The minimum absolute atomic E-state index is 0. The van der Waals surface area contributed by atoms with Crippen LogP contribution in [0.15, 0.2) is 24.3 Å². The first-order valence-electron chi connectivity index (χ1n) is 6.44. The molecule has 1 aromatic rings.